The van der Waals surface area contributed by atoms with E-state index in [9.17, 15) is 23.9 Å². The second kappa shape index (κ2) is 11.2. The normalized spacial score (nSPS) is 16.4. The average Bonchev–Trinajstić information content (AvgIpc) is 3.16. The highest BCUT2D eigenvalue weighted by Crippen LogP contribution is 2.30. The van der Waals surface area contributed by atoms with E-state index in [-0.39, 0.29) is 41.2 Å². The molecule has 13 heteroatoms. The van der Waals surface area contributed by atoms with Crippen molar-refractivity contribution in [2.75, 3.05) is 25.2 Å². The third-order valence-electron chi connectivity index (χ3n) is 5.91. The first kappa shape index (κ1) is 27.9. The molecule has 3 amide bonds. The average molecular weight is 538 g/mol. The fourth-order valence-corrected chi connectivity index (χ4v) is 3.88. The van der Waals surface area contributed by atoms with Gasteiger partial charge < -0.3 is 19.5 Å². The minimum absolute atomic E-state index is 0.0709. The number of pyridine rings is 1. The van der Waals surface area contributed by atoms with E-state index >= 15 is 0 Å². The number of amides is 3. The van der Waals surface area contributed by atoms with Crippen LogP contribution < -0.4 is 20.5 Å². The number of carbonyl (C=O) groups excluding carboxylic acids is 2. The molecule has 3 rings (SSSR count). The maximum Gasteiger partial charge on any atom is 0.410 e. The molecule has 11 nitrogen and oxygen atoms in total. The second-order valence-electron chi connectivity index (χ2n) is 9.16. The van der Waals surface area contributed by atoms with Crippen LogP contribution in [0.5, 0.6) is 5.75 Å². The van der Waals surface area contributed by atoms with Gasteiger partial charge in [0.2, 0.25) is 0 Å². The number of rotatable bonds is 7. The molecular weight excluding hydrogens is 509 g/mol. The molecule has 1 unspecified atom stereocenters. The number of nitrogens with zero attached hydrogens (tertiary/aromatic N) is 3. The predicted octanol–water partition coefficient (Wildman–Crippen LogP) is 3.29. The number of hydrazine groups is 1. The number of anilines is 1. The van der Waals surface area contributed by atoms with Crippen LogP contribution in [-0.2, 0) is 4.74 Å². The second-order valence-corrected chi connectivity index (χ2v) is 9.56. The lowest BCUT2D eigenvalue weighted by molar-refractivity contribution is -0.0430. The lowest BCUT2D eigenvalue weighted by Crippen LogP contribution is -2.49. The Balaban J connectivity index is 1.61. The summed E-state index contributed by atoms with van der Waals surface area (Å²) in [6.45, 7) is 7.08. The monoisotopic (exact) mass is 537 g/mol. The molecule has 0 aliphatic carbocycles. The van der Waals surface area contributed by atoms with Gasteiger partial charge in [0.25, 0.3) is 11.8 Å². The zero-order valence-corrected chi connectivity index (χ0v) is 21.8. The zero-order valence-electron chi connectivity index (χ0n) is 21.0. The SMILES string of the molecule is CC(C)N(C)c1ccc(C(=O)NNC(=O)c2cc(F)c(OCC3COC(C)(C)N3C(=O)O)cc2Cl)cn1. The van der Waals surface area contributed by atoms with Gasteiger partial charge in [-0.3, -0.25) is 25.3 Å². The van der Waals surface area contributed by atoms with Gasteiger partial charge in [-0.25, -0.2) is 14.2 Å². The Morgan fingerprint density at radius 1 is 1.30 bits per heavy atom. The molecule has 1 saturated heterocycles. The van der Waals surface area contributed by atoms with Crippen molar-refractivity contribution >= 4 is 35.3 Å². The van der Waals surface area contributed by atoms with E-state index in [0.29, 0.717) is 5.82 Å². The number of ether oxygens (including phenoxy) is 2. The Bertz CT molecular complexity index is 1180. The Morgan fingerprint density at radius 2 is 1.97 bits per heavy atom. The molecule has 1 fully saturated rings. The molecule has 1 aromatic carbocycles. The summed E-state index contributed by atoms with van der Waals surface area (Å²) >= 11 is 6.16. The number of hydrogen-bond donors (Lipinski definition) is 3. The quantitative estimate of drug-likeness (QED) is 0.458. The van der Waals surface area contributed by atoms with Crippen LogP contribution in [0, 0.1) is 5.82 Å². The number of carbonyl (C=O) groups is 3. The number of nitrogens with one attached hydrogen (secondary N) is 2. The van der Waals surface area contributed by atoms with Crippen LogP contribution in [0.3, 0.4) is 0 Å². The minimum atomic E-state index is -1.20. The first-order valence-corrected chi connectivity index (χ1v) is 11.8. The van der Waals surface area contributed by atoms with Crippen molar-refractivity contribution in [3.63, 3.8) is 0 Å². The van der Waals surface area contributed by atoms with Gasteiger partial charge in [-0.15, -0.1) is 0 Å². The van der Waals surface area contributed by atoms with Crippen LogP contribution in [0.2, 0.25) is 5.02 Å². The molecule has 0 spiro atoms. The van der Waals surface area contributed by atoms with Gasteiger partial charge in [0, 0.05) is 25.4 Å². The molecule has 1 aromatic heterocycles. The highest BCUT2D eigenvalue weighted by molar-refractivity contribution is 6.34. The van der Waals surface area contributed by atoms with E-state index in [2.05, 4.69) is 15.8 Å². The van der Waals surface area contributed by atoms with E-state index in [1.165, 1.54) is 6.20 Å². The van der Waals surface area contributed by atoms with Crippen molar-refractivity contribution in [2.24, 2.45) is 0 Å². The fourth-order valence-electron chi connectivity index (χ4n) is 3.64. The smallest absolute Gasteiger partial charge is 0.410 e. The summed E-state index contributed by atoms with van der Waals surface area (Å²) in [5, 5.41) is 9.31. The van der Waals surface area contributed by atoms with Crippen LogP contribution >= 0.6 is 11.6 Å². The van der Waals surface area contributed by atoms with Gasteiger partial charge in [0.1, 0.15) is 18.1 Å². The summed E-state index contributed by atoms with van der Waals surface area (Å²) in [5.74, 6) is -1.95. The van der Waals surface area contributed by atoms with Crippen LogP contribution in [-0.4, -0.2) is 71.0 Å². The molecule has 0 radical (unpaired) electrons. The first-order valence-electron chi connectivity index (χ1n) is 11.4. The molecule has 1 atom stereocenters. The molecule has 200 valence electrons. The number of carboxylic acid groups (broad SMARTS) is 1. The van der Waals surface area contributed by atoms with Gasteiger partial charge in [0.15, 0.2) is 11.6 Å². The predicted molar refractivity (Wildman–Crippen MR) is 133 cm³/mol. The largest absolute Gasteiger partial charge is 0.488 e. The van der Waals surface area contributed by atoms with Crippen molar-refractivity contribution in [1.29, 1.82) is 0 Å². The lowest BCUT2D eigenvalue weighted by Gasteiger charge is -2.30. The standard InChI is InChI=1S/C24H29ClFN5O6/c1-13(2)30(5)20-7-6-14(10-27-20)21(32)28-29-22(33)16-8-18(26)19(9-17(16)25)36-11-15-12-37-24(3,4)31(15)23(34)35/h6-10,13,15H,11-12H2,1-5H3,(H,28,32)(H,29,33)(H,34,35). The number of aromatic nitrogens is 1. The van der Waals surface area contributed by atoms with E-state index in [4.69, 9.17) is 21.1 Å². The van der Waals surface area contributed by atoms with Gasteiger partial charge in [0.05, 0.1) is 28.8 Å². The van der Waals surface area contributed by atoms with Gasteiger partial charge in [-0.2, -0.15) is 0 Å². The summed E-state index contributed by atoms with van der Waals surface area (Å²) in [7, 11) is 1.88. The van der Waals surface area contributed by atoms with Crippen molar-refractivity contribution in [1.82, 2.24) is 20.7 Å². The fraction of sp³-hybridized carbons (Fsp3) is 0.417. The highest BCUT2D eigenvalue weighted by atomic mass is 35.5. The van der Waals surface area contributed by atoms with Crippen LogP contribution in [0.25, 0.3) is 0 Å². The molecule has 3 N–H and O–H groups in total. The minimum Gasteiger partial charge on any atom is -0.488 e. The Hall–Kier alpha value is -3.64. The topological polar surface area (TPSA) is 133 Å². The molecule has 2 aromatic rings. The van der Waals surface area contributed by atoms with E-state index in [0.717, 1.165) is 17.0 Å². The van der Waals surface area contributed by atoms with E-state index in [1.807, 2.05) is 25.8 Å². The summed E-state index contributed by atoms with van der Waals surface area (Å²) in [6.07, 6.45) is 0.175. The Labute approximate surface area is 218 Å². The molecule has 2 heterocycles. The van der Waals surface area contributed by atoms with Crippen molar-refractivity contribution in [3.8, 4) is 5.75 Å². The van der Waals surface area contributed by atoms with Gasteiger partial charge in [-0.05, 0) is 45.9 Å². The summed E-state index contributed by atoms with van der Waals surface area (Å²) in [4.78, 5) is 43.7. The van der Waals surface area contributed by atoms with Gasteiger partial charge >= 0.3 is 6.09 Å². The summed E-state index contributed by atoms with van der Waals surface area (Å²) in [5.41, 5.74) is 3.34. The van der Waals surface area contributed by atoms with Gasteiger partial charge in [-0.1, -0.05) is 11.6 Å². The maximum atomic E-state index is 14.7. The first-order chi connectivity index (χ1) is 17.3. The molecule has 0 bridgehead atoms. The highest BCUT2D eigenvalue weighted by Gasteiger charge is 2.44. The van der Waals surface area contributed by atoms with E-state index in [1.54, 1.807) is 26.0 Å². The molecule has 1 aliphatic rings. The van der Waals surface area contributed by atoms with Crippen LogP contribution in [0.1, 0.15) is 48.4 Å². The maximum absolute atomic E-state index is 14.7. The van der Waals surface area contributed by atoms with Crippen molar-refractivity contribution in [2.45, 2.75) is 45.5 Å². The number of hydrogen-bond acceptors (Lipinski definition) is 7. The number of halogens is 2. The van der Waals surface area contributed by atoms with Crippen LogP contribution in [0.4, 0.5) is 15.0 Å². The molecule has 0 saturated carbocycles. The molecular formula is C24H29ClFN5O6. The Morgan fingerprint density at radius 3 is 2.57 bits per heavy atom. The Kier molecular flexibility index (Phi) is 8.44. The summed E-state index contributed by atoms with van der Waals surface area (Å²) in [6, 6.07) is 4.75. The third kappa shape index (κ3) is 6.38. The van der Waals surface area contributed by atoms with E-state index < -0.39 is 35.5 Å². The lowest BCUT2D eigenvalue weighted by atomic mass is 10.2. The number of benzene rings is 1. The molecule has 37 heavy (non-hydrogen) atoms. The molecule has 1 aliphatic heterocycles. The van der Waals surface area contributed by atoms with Crippen molar-refractivity contribution < 1.29 is 33.4 Å². The zero-order chi connectivity index (χ0) is 27.5. The third-order valence-corrected chi connectivity index (χ3v) is 6.23. The van der Waals surface area contributed by atoms with Crippen LogP contribution in [0.15, 0.2) is 30.5 Å². The summed E-state index contributed by atoms with van der Waals surface area (Å²) < 4.78 is 25.6. The van der Waals surface area contributed by atoms with Crippen molar-refractivity contribution in [3.05, 3.63) is 52.4 Å².